The molecule has 11 aromatic rings. The SMILES string of the molecule is c1ccc(-c2nc3cc4oc5cccc(-c6ccc(N(c7ccccc7-c7ccccc7)c7cc8ccccc8c8ccccc78)cc6)c5c4cc3o2)cc1. The maximum Gasteiger partial charge on any atom is 0.227 e. The van der Waals surface area contributed by atoms with Crippen LogP contribution in [0, 0.1) is 0 Å². The Bertz CT molecular complexity index is 3200. The van der Waals surface area contributed by atoms with E-state index in [-0.39, 0.29) is 0 Å². The summed E-state index contributed by atoms with van der Waals surface area (Å²) in [6.07, 6.45) is 0. The Balaban J connectivity index is 1.09. The van der Waals surface area contributed by atoms with Gasteiger partial charge in [0.1, 0.15) is 16.7 Å². The van der Waals surface area contributed by atoms with Gasteiger partial charge in [0, 0.05) is 39.0 Å². The number of furan rings is 1. The maximum atomic E-state index is 6.46. The lowest BCUT2D eigenvalue weighted by atomic mass is 9.96. The highest BCUT2D eigenvalue weighted by Gasteiger charge is 2.21. The van der Waals surface area contributed by atoms with Crippen LogP contribution in [-0.2, 0) is 0 Å². The van der Waals surface area contributed by atoms with Crippen molar-refractivity contribution in [2.24, 2.45) is 0 Å². The van der Waals surface area contributed by atoms with Gasteiger partial charge in [0.2, 0.25) is 5.89 Å². The number of hydrogen-bond donors (Lipinski definition) is 0. The van der Waals surface area contributed by atoms with Gasteiger partial charge in [-0.2, -0.15) is 0 Å². The Labute approximate surface area is 317 Å². The van der Waals surface area contributed by atoms with Crippen molar-refractivity contribution in [1.29, 1.82) is 0 Å². The molecule has 11 rings (SSSR count). The molecule has 0 aliphatic heterocycles. The summed E-state index contributed by atoms with van der Waals surface area (Å²) in [5.74, 6) is 0.598. The second-order valence-corrected chi connectivity index (χ2v) is 13.9. The van der Waals surface area contributed by atoms with Crippen LogP contribution < -0.4 is 4.90 Å². The van der Waals surface area contributed by atoms with Crippen LogP contribution in [0.2, 0.25) is 0 Å². The van der Waals surface area contributed by atoms with Crippen LogP contribution >= 0.6 is 0 Å². The molecule has 0 fully saturated rings. The first-order chi connectivity index (χ1) is 27.3. The molecule has 0 radical (unpaired) electrons. The molecule has 0 unspecified atom stereocenters. The Morgan fingerprint density at radius 3 is 1.85 bits per heavy atom. The minimum atomic E-state index is 0.598. The summed E-state index contributed by atoms with van der Waals surface area (Å²) in [4.78, 5) is 7.21. The van der Waals surface area contributed by atoms with Crippen LogP contribution in [0.3, 0.4) is 0 Å². The van der Waals surface area contributed by atoms with E-state index >= 15 is 0 Å². The van der Waals surface area contributed by atoms with Crippen molar-refractivity contribution >= 4 is 71.6 Å². The van der Waals surface area contributed by atoms with E-state index in [4.69, 9.17) is 13.8 Å². The highest BCUT2D eigenvalue weighted by atomic mass is 16.4. The van der Waals surface area contributed by atoms with Gasteiger partial charge < -0.3 is 13.7 Å². The van der Waals surface area contributed by atoms with Crippen molar-refractivity contribution in [2.75, 3.05) is 4.90 Å². The van der Waals surface area contributed by atoms with Crippen LogP contribution in [0.25, 0.3) is 88.3 Å². The molecular formula is C51H32N2O2. The standard InChI is InChI=1S/C51H32N2O2/c1-3-14-33(15-4-1)39-20-11-12-24-45(39)53(46-30-36-18-7-8-19-38(36)41-21-9-10-22-42(41)46)37-28-26-34(27-29-37)40-23-13-25-47-50(40)43-31-49-44(32-48(43)54-47)52-51(55-49)35-16-5-2-6-17-35/h1-32H. The Morgan fingerprint density at radius 2 is 1.04 bits per heavy atom. The van der Waals surface area contributed by atoms with Gasteiger partial charge in [-0.15, -0.1) is 0 Å². The predicted molar refractivity (Wildman–Crippen MR) is 227 cm³/mol. The summed E-state index contributed by atoms with van der Waals surface area (Å²) in [5, 5.41) is 6.91. The highest BCUT2D eigenvalue weighted by molar-refractivity contribution is 6.16. The van der Waals surface area contributed by atoms with Crippen molar-refractivity contribution in [1.82, 2.24) is 4.98 Å². The molecule has 258 valence electrons. The fraction of sp³-hybridized carbons (Fsp3) is 0. The minimum absolute atomic E-state index is 0.598. The third-order valence-electron chi connectivity index (χ3n) is 10.7. The summed E-state index contributed by atoms with van der Waals surface area (Å²) < 4.78 is 12.7. The Kier molecular flexibility index (Phi) is 7.14. The zero-order chi connectivity index (χ0) is 36.3. The zero-order valence-corrected chi connectivity index (χ0v) is 29.7. The van der Waals surface area contributed by atoms with Crippen molar-refractivity contribution in [3.8, 4) is 33.7 Å². The van der Waals surface area contributed by atoms with Crippen LogP contribution in [-0.4, -0.2) is 4.98 Å². The van der Waals surface area contributed by atoms with Gasteiger partial charge >= 0.3 is 0 Å². The molecule has 0 spiro atoms. The van der Waals surface area contributed by atoms with Crippen LogP contribution in [0.1, 0.15) is 0 Å². The Morgan fingerprint density at radius 1 is 0.382 bits per heavy atom. The lowest BCUT2D eigenvalue weighted by Gasteiger charge is -2.29. The molecule has 0 aliphatic carbocycles. The fourth-order valence-corrected chi connectivity index (χ4v) is 8.14. The van der Waals surface area contributed by atoms with Crippen LogP contribution in [0.5, 0.6) is 0 Å². The summed E-state index contributed by atoms with van der Waals surface area (Å²) >= 11 is 0. The van der Waals surface area contributed by atoms with Crippen LogP contribution in [0.15, 0.2) is 203 Å². The van der Waals surface area contributed by atoms with Gasteiger partial charge in [0.05, 0.1) is 11.4 Å². The molecule has 4 nitrogen and oxygen atoms in total. The molecule has 2 heterocycles. The molecular weight excluding hydrogens is 673 g/mol. The number of hydrogen-bond acceptors (Lipinski definition) is 4. The summed E-state index contributed by atoms with van der Waals surface area (Å²) in [7, 11) is 0. The topological polar surface area (TPSA) is 42.4 Å². The molecule has 4 heteroatoms. The predicted octanol–water partition coefficient (Wildman–Crippen LogP) is 14.5. The van der Waals surface area contributed by atoms with E-state index in [1.54, 1.807) is 0 Å². The molecule has 0 N–H and O–H groups in total. The monoisotopic (exact) mass is 704 g/mol. The number of anilines is 3. The van der Waals surface area contributed by atoms with Crippen molar-refractivity contribution in [3.63, 3.8) is 0 Å². The summed E-state index contributed by atoms with van der Waals surface area (Å²) in [5.41, 5.74) is 11.9. The van der Waals surface area contributed by atoms with E-state index in [2.05, 4.69) is 157 Å². The first-order valence-electron chi connectivity index (χ1n) is 18.5. The van der Waals surface area contributed by atoms with E-state index in [0.29, 0.717) is 5.89 Å². The van der Waals surface area contributed by atoms with Gasteiger partial charge in [-0.05, 0) is 81.4 Å². The highest BCUT2D eigenvalue weighted by Crippen LogP contribution is 2.46. The van der Waals surface area contributed by atoms with E-state index < -0.39 is 0 Å². The van der Waals surface area contributed by atoms with Gasteiger partial charge in [0.25, 0.3) is 0 Å². The normalized spacial score (nSPS) is 11.6. The van der Waals surface area contributed by atoms with E-state index in [9.17, 15) is 0 Å². The molecule has 0 saturated carbocycles. The molecule has 2 aromatic heterocycles. The van der Waals surface area contributed by atoms with Gasteiger partial charge in [0.15, 0.2) is 5.58 Å². The quantitative estimate of drug-likeness (QED) is 0.162. The van der Waals surface area contributed by atoms with Crippen LogP contribution in [0.4, 0.5) is 17.1 Å². The maximum absolute atomic E-state index is 6.46. The number of oxazole rings is 1. The Hall–Kier alpha value is -7.43. The number of para-hydroxylation sites is 1. The number of fused-ring (bicyclic) bond motifs is 7. The first kappa shape index (κ1) is 31.1. The van der Waals surface area contributed by atoms with Gasteiger partial charge in [-0.1, -0.05) is 140 Å². The van der Waals surface area contributed by atoms with E-state index in [0.717, 1.165) is 72.4 Å². The van der Waals surface area contributed by atoms with E-state index in [1.807, 2.05) is 42.5 Å². The summed E-state index contributed by atoms with van der Waals surface area (Å²) in [6.45, 7) is 0. The second-order valence-electron chi connectivity index (χ2n) is 13.9. The molecule has 55 heavy (non-hydrogen) atoms. The third kappa shape index (κ3) is 5.19. The van der Waals surface area contributed by atoms with Crippen molar-refractivity contribution in [2.45, 2.75) is 0 Å². The molecule has 0 atom stereocenters. The third-order valence-corrected chi connectivity index (χ3v) is 10.7. The average Bonchev–Trinajstić information content (AvgIpc) is 3.85. The fourth-order valence-electron chi connectivity index (χ4n) is 8.14. The molecule has 9 aromatic carbocycles. The molecule has 0 amide bonds. The smallest absolute Gasteiger partial charge is 0.227 e. The number of nitrogens with zero attached hydrogens (tertiary/aromatic N) is 2. The van der Waals surface area contributed by atoms with Gasteiger partial charge in [-0.25, -0.2) is 4.98 Å². The summed E-state index contributed by atoms with van der Waals surface area (Å²) in [6, 6.07) is 68.3. The lowest BCUT2D eigenvalue weighted by Crippen LogP contribution is -2.12. The number of rotatable bonds is 6. The lowest BCUT2D eigenvalue weighted by molar-refractivity contribution is 0.620. The first-order valence-corrected chi connectivity index (χ1v) is 18.5. The van der Waals surface area contributed by atoms with E-state index in [1.165, 1.54) is 27.1 Å². The average molecular weight is 705 g/mol. The van der Waals surface area contributed by atoms with Crippen molar-refractivity contribution < 1.29 is 8.83 Å². The molecule has 0 bridgehead atoms. The van der Waals surface area contributed by atoms with Crippen molar-refractivity contribution in [3.05, 3.63) is 194 Å². The second kappa shape index (κ2) is 12.6. The zero-order valence-electron chi connectivity index (χ0n) is 29.7. The number of benzene rings is 9. The minimum Gasteiger partial charge on any atom is -0.456 e. The molecule has 0 saturated heterocycles. The number of aromatic nitrogens is 1. The van der Waals surface area contributed by atoms with Gasteiger partial charge in [-0.3, -0.25) is 0 Å². The largest absolute Gasteiger partial charge is 0.456 e. The molecule has 0 aliphatic rings.